The van der Waals surface area contributed by atoms with Crippen LogP contribution in [0.4, 0.5) is 5.82 Å². The van der Waals surface area contributed by atoms with Gasteiger partial charge in [-0.1, -0.05) is 49.6 Å². The number of amides is 1. The molecule has 6 heteroatoms. The number of benzene rings is 2. The van der Waals surface area contributed by atoms with Crippen molar-refractivity contribution in [3.8, 4) is 5.75 Å². The normalized spacial score (nSPS) is 15.1. The number of aromatic nitrogens is 1. The first-order chi connectivity index (χ1) is 16.6. The summed E-state index contributed by atoms with van der Waals surface area (Å²) in [6, 6.07) is 17.7. The summed E-state index contributed by atoms with van der Waals surface area (Å²) in [5.41, 5.74) is 2.28. The maximum atomic E-state index is 13.7. The Labute approximate surface area is 197 Å². The third-order valence-corrected chi connectivity index (χ3v) is 6.13. The smallest absolute Gasteiger partial charge is 0.296 e. The van der Waals surface area contributed by atoms with Gasteiger partial charge in [-0.2, -0.15) is 0 Å². The van der Waals surface area contributed by atoms with Crippen LogP contribution in [0.2, 0.25) is 0 Å². The lowest BCUT2D eigenvalue weighted by Crippen LogP contribution is -2.30. The quantitative estimate of drug-likeness (QED) is 0.329. The number of carbonyl (C=O) groups excluding carboxylic acids is 1. The lowest BCUT2D eigenvalue weighted by atomic mass is 9.98. The van der Waals surface area contributed by atoms with Crippen LogP contribution in [-0.2, 0) is 0 Å². The lowest BCUT2D eigenvalue weighted by molar-refractivity contribution is 0.0970. The molecule has 0 saturated carbocycles. The average molecular weight is 455 g/mol. The molecular weight excluding hydrogens is 428 g/mol. The van der Waals surface area contributed by atoms with Crippen LogP contribution in [0.15, 0.2) is 76.1 Å². The first-order valence-corrected chi connectivity index (χ1v) is 11.6. The minimum Gasteiger partial charge on any atom is -0.494 e. The molecule has 0 radical (unpaired) electrons. The second kappa shape index (κ2) is 9.14. The molecule has 0 spiro atoms. The zero-order valence-electron chi connectivity index (χ0n) is 19.3. The molecule has 2 aromatic heterocycles. The second-order valence-electron chi connectivity index (χ2n) is 8.56. The summed E-state index contributed by atoms with van der Waals surface area (Å²) in [6.07, 6.45) is 4.90. The van der Waals surface area contributed by atoms with Crippen molar-refractivity contribution in [2.24, 2.45) is 0 Å². The number of unbranched alkanes of at least 4 members (excludes halogenated alkanes) is 2. The summed E-state index contributed by atoms with van der Waals surface area (Å²) in [7, 11) is 0. The van der Waals surface area contributed by atoms with Crippen LogP contribution in [0.5, 0.6) is 5.75 Å². The Morgan fingerprint density at radius 3 is 2.59 bits per heavy atom. The van der Waals surface area contributed by atoms with Gasteiger partial charge in [0.05, 0.1) is 23.6 Å². The number of fused-ring (bicyclic) bond motifs is 2. The van der Waals surface area contributed by atoms with E-state index in [9.17, 15) is 9.59 Å². The maximum absolute atomic E-state index is 13.7. The fourth-order valence-corrected chi connectivity index (χ4v) is 4.42. The van der Waals surface area contributed by atoms with E-state index in [0.717, 1.165) is 36.1 Å². The van der Waals surface area contributed by atoms with E-state index in [0.29, 0.717) is 29.0 Å². The van der Waals surface area contributed by atoms with E-state index in [1.54, 1.807) is 35.4 Å². The molecule has 4 aromatic rings. The summed E-state index contributed by atoms with van der Waals surface area (Å²) < 4.78 is 11.9. The number of nitrogens with zero attached hydrogens (tertiary/aromatic N) is 2. The third kappa shape index (κ3) is 3.85. The molecular formula is C28H26N2O4. The topological polar surface area (TPSA) is 72.6 Å². The Hall–Kier alpha value is -3.93. The van der Waals surface area contributed by atoms with Crippen molar-refractivity contribution in [1.29, 1.82) is 0 Å². The molecule has 1 aliphatic rings. The van der Waals surface area contributed by atoms with Gasteiger partial charge < -0.3 is 9.15 Å². The predicted molar refractivity (Wildman–Crippen MR) is 132 cm³/mol. The average Bonchev–Trinajstić information content (AvgIpc) is 3.16. The summed E-state index contributed by atoms with van der Waals surface area (Å²) in [5, 5.41) is 0.468. The van der Waals surface area contributed by atoms with Gasteiger partial charge in [0.15, 0.2) is 5.43 Å². The van der Waals surface area contributed by atoms with Crippen LogP contribution in [0.3, 0.4) is 0 Å². The molecule has 1 amide bonds. The number of hydrogen-bond donors (Lipinski definition) is 0. The molecule has 172 valence electrons. The molecule has 1 atom stereocenters. The highest BCUT2D eigenvalue weighted by Crippen LogP contribution is 2.40. The number of rotatable bonds is 7. The van der Waals surface area contributed by atoms with Crippen LogP contribution >= 0.6 is 0 Å². The standard InChI is InChI=1S/C28H26N2O4/c1-3-4-7-16-33-20-12-10-19(11-13-20)25-24-26(31)21-17-18(2)9-14-22(21)34-27(24)28(32)30(25)23-8-5-6-15-29-23/h5-6,8-15,17,25H,3-4,7,16H2,1-2H3. The summed E-state index contributed by atoms with van der Waals surface area (Å²) in [5.74, 6) is 0.911. The zero-order chi connectivity index (χ0) is 23.7. The Morgan fingerprint density at radius 1 is 1.03 bits per heavy atom. The largest absolute Gasteiger partial charge is 0.494 e. The fourth-order valence-electron chi connectivity index (χ4n) is 4.42. The zero-order valence-corrected chi connectivity index (χ0v) is 19.3. The van der Waals surface area contributed by atoms with Crippen molar-refractivity contribution in [3.05, 3.63) is 99.5 Å². The fraction of sp³-hybridized carbons (Fsp3) is 0.250. The van der Waals surface area contributed by atoms with E-state index in [1.807, 2.05) is 43.3 Å². The second-order valence-corrected chi connectivity index (χ2v) is 8.56. The van der Waals surface area contributed by atoms with Crippen LogP contribution in [0.25, 0.3) is 11.0 Å². The van der Waals surface area contributed by atoms with Crippen molar-refractivity contribution in [1.82, 2.24) is 4.98 Å². The van der Waals surface area contributed by atoms with Crippen LogP contribution in [0, 0.1) is 6.92 Å². The van der Waals surface area contributed by atoms with E-state index in [-0.39, 0.29) is 17.1 Å². The van der Waals surface area contributed by atoms with Gasteiger partial charge in [0, 0.05) is 6.20 Å². The number of hydrogen-bond acceptors (Lipinski definition) is 5. The SMILES string of the molecule is CCCCCOc1ccc(C2c3c(oc4ccc(C)cc4c3=O)C(=O)N2c2ccccn2)cc1. The minimum atomic E-state index is -0.646. The van der Waals surface area contributed by atoms with Gasteiger partial charge >= 0.3 is 0 Å². The molecule has 1 aliphatic heterocycles. The van der Waals surface area contributed by atoms with E-state index in [4.69, 9.17) is 9.15 Å². The Balaban J connectivity index is 1.62. The highest BCUT2D eigenvalue weighted by atomic mass is 16.5. The Bertz CT molecular complexity index is 1390. The number of anilines is 1. The van der Waals surface area contributed by atoms with Crippen LogP contribution < -0.4 is 15.1 Å². The monoisotopic (exact) mass is 454 g/mol. The summed E-state index contributed by atoms with van der Waals surface area (Å²) >= 11 is 0. The van der Waals surface area contributed by atoms with Gasteiger partial charge in [-0.3, -0.25) is 14.5 Å². The van der Waals surface area contributed by atoms with E-state index in [2.05, 4.69) is 11.9 Å². The highest BCUT2D eigenvalue weighted by Gasteiger charge is 2.44. The number of carbonyl (C=O) groups is 1. The first kappa shape index (κ1) is 21.9. The molecule has 0 saturated heterocycles. The molecule has 34 heavy (non-hydrogen) atoms. The summed E-state index contributed by atoms with van der Waals surface area (Å²) in [4.78, 5) is 33.1. The molecule has 3 heterocycles. The van der Waals surface area contributed by atoms with Crippen molar-refractivity contribution < 1.29 is 13.9 Å². The number of aryl methyl sites for hydroxylation is 1. The van der Waals surface area contributed by atoms with E-state index in [1.165, 1.54) is 0 Å². The highest BCUT2D eigenvalue weighted by molar-refractivity contribution is 6.10. The van der Waals surface area contributed by atoms with Gasteiger partial charge in [-0.05, 0) is 55.3 Å². The predicted octanol–water partition coefficient (Wildman–Crippen LogP) is 5.82. The number of ether oxygens (including phenoxy) is 1. The van der Waals surface area contributed by atoms with Gasteiger partial charge in [-0.15, -0.1) is 0 Å². The van der Waals surface area contributed by atoms with Gasteiger partial charge in [0.2, 0.25) is 5.76 Å². The third-order valence-electron chi connectivity index (χ3n) is 6.13. The molecule has 1 unspecified atom stereocenters. The van der Waals surface area contributed by atoms with E-state index < -0.39 is 6.04 Å². The Kier molecular flexibility index (Phi) is 5.88. The van der Waals surface area contributed by atoms with Gasteiger partial charge in [0.1, 0.15) is 17.2 Å². The van der Waals surface area contributed by atoms with Crippen LogP contribution in [0.1, 0.15) is 59.5 Å². The van der Waals surface area contributed by atoms with Crippen LogP contribution in [-0.4, -0.2) is 17.5 Å². The molecule has 0 N–H and O–H groups in total. The molecule has 2 aromatic carbocycles. The van der Waals surface area contributed by atoms with Crippen molar-refractivity contribution >= 4 is 22.7 Å². The lowest BCUT2D eigenvalue weighted by Gasteiger charge is -2.24. The van der Waals surface area contributed by atoms with Crippen molar-refractivity contribution in [2.75, 3.05) is 11.5 Å². The molecule has 0 bridgehead atoms. The molecule has 0 fully saturated rings. The van der Waals surface area contributed by atoms with Gasteiger partial charge in [0.25, 0.3) is 5.91 Å². The first-order valence-electron chi connectivity index (χ1n) is 11.6. The maximum Gasteiger partial charge on any atom is 0.296 e. The molecule has 6 nitrogen and oxygen atoms in total. The van der Waals surface area contributed by atoms with E-state index >= 15 is 0 Å². The Morgan fingerprint density at radius 2 is 1.85 bits per heavy atom. The van der Waals surface area contributed by atoms with Gasteiger partial charge in [-0.25, -0.2) is 4.98 Å². The summed E-state index contributed by atoms with van der Waals surface area (Å²) in [6.45, 7) is 4.74. The van der Waals surface area contributed by atoms with Crippen molar-refractivity contribution in [2.45, 2.75) is 39.2 Å². The molecule has 5 rings (SSSR count). The number of pyridine rings is 1. The molecule has 0 aliphatic carbocycles. The van der Waals surface area contributed by atoms with Crippen molar-refractivity contribution in [3.63, 3.8) is 0 Å². The minimum absolute atomic E-state index is 0.0666.